The van der Waals surface area contributed by atoms with E-state index < -0.39 is 0 Å². The van der Waals surface area contributed by atoms with Crippen molar-refractivity contribution in [2.24, 2.45) is 4.99 Å². The highest BCUT2D eigenvalue weighted by atomic mass is 127. The Balaban J connectivity index is 0.00000243. The zero-order chi connectivity index (χ0) is 17.6. The number of nitrogens with zero attached hydrogens (tertiary/aromatic N) is 3. The summed E-state index contributed by atoms with van der Waals surface area (Å²) in [5.74, 6) is 0.629. The number of rotatable bonds is 5. The Morgan fingerprint density at radius 1 is 1.38 bits per heavy atom. The van der Waals surface area contributed by atoms with Crippen LogP contribution in [-0.2, 0) is 19.5 Å². The SMILES string of the molecule is CN=C(NCCN1CCc2sccc2C1)N(C)Cc1cccc(F)c1.I. The Morgan fingerprint density at radius 2 is 2.23 bits per heavy atom. The van der Waals surface area contributed by atoms with Crippen molar-refractivity contribution in [3.63, 3.8) is 0 Å². The molecule has 0 atom stereocenters. The van der Waals surface area contributed by atoms with Gasteiger partial charge in [0.1, 0.15) is 5.82 Å². The van der Waals surface area contributed by atoms with E-state index in [0.717, 1.165) is 44.1 Å². The average Bonchev–Trinajstić information content (AvgIpc) is 3.06. The third kappa shape index (κ3) is 5.65. The molecule has 1 aromatic carbocycles. The second-order valence-corrected chi connectivity index (χ2v) is 7.36. The van der Waals surface area contributed by atoms with E-state index in [2.05, 4.69) is 26.7 Å². The summed E-state index contributed by atoms with van der Waals surface area (Å²) < 4.78 is 13.3. The normalized spacial score (nSPS) is 14.5. The topological polar surface area (TPSA) is 30.9 Å². The van der Waals surface area contributed by atoms with Crippen LogP contribution in [0.5, 0.6) is 0 Å². The van der Waals surface area contributed by atoms with Crippen molar-refractivity contribution in [3.05, 3.63) is 57.5 Å². The lowest BCUT2D eigenvalue weighted by molar-refractivity contribution is 0.259. The van der Waals surface area contributed by atoms with Gasteiger partial charge in [-0.2, -0.15) is 0 Å². The van der Waals surface area contributed by atoms with Crippen LogP contribution in [0.15, 0.2) is 40.7 Å². The molecule has 1 aliphatic rings. The molecule has 4 nitrogen and oxygen atoms in total. The fourth-order valence-electron chi connectivity index (χ4n) is 3.19. The molecule has 0 aliphatic carbocycles. The molecular formula is C19H26FIN4S. The van der Waals surface area contributed by atoms with Crippen LogP contribution < -0.4 is 5.32 Å². The standard InChI is InChI=1S/C19H25FN4S.HI/c1-21-19(23(2)13-15-4-3-5-17(20)12-15)22-8-10-24-9-6-18-16(14-24)7-11-25-18;/h3-5,7,11-12H,6,8-10,13-14H2,1-2H3,(H,21,22);1H. The molecular weight excluding hydrogens is 462 g/mol. The first-order valence-corrected chi connectivity index (χ1v) is 9.47. The van der Waals surface area contributed by atoms with Crippen molar-refractivity contribution in [3.8, 4) is 0 Å². The maximum absolute atomic E-state index is 13.3. The minimum absolute atomic E-state index is 0. The Labute approximate surface area is 176 Å². The van der Waals surface area contributed by atoms with Gasteiger partial charge in [0.2, 0.25) is 0 Å². The number of thiophene rings is 1. The van der Waals surface area contributed by atoms with Crippen molar-refractivity contribution < 1.29 is 4.39 Å². The third-order valence-electron chi connectivity index (χ3n) is 4.48. The molecule has 7 heteroatoms. The molecule has 2 aromatic rings. The van der Waals surface area contributed by atoms with Gasteiger partial charge in [-0.3, -0.25) is 9.89 Å². The van der Waals surface area contributed by atoms with E-state index in [1.165, 1.54) is 16.5 Å². The van der Waals surface area contributed by atoms with Gasteiger partial charge < -0.3 is 10.2 Å². The number of hydrogen-bond donors (Lipinski definition) is 1. The number of halogens is 2. The van der Waals surface area contributed by atoms with Crippen LogP contribution in [0, 0.1) is 5.82 Å². The van der Waals surface area contributed by atoms with Crippen LogP contribution in [0.4, 0.5) is 4.39 Å². The maximum Gasteiger partial charge on any atom is 0.193 e. The van der Waals surface area contributed by atoms with E-state index in [0.29, 0.717) is 6.54 Å². The first-order valence-electron chi connectivity index (χ1n) is 8.59. The monoisotopic (exact) mass is 488 g/mol. The number of hydrogen-bond acceptors (Lipinski definition) is 3. The van der Waals surface area contributed by atoms with Gasteiger partial charge in [-0.05, 0) is 41.1 Å². The summed E-state index contributed by atoms with van der Waals surface area (Å²) in [5.41, 5.74) is 2.41. The summed E-state index contributed by atoms with van der Waals surface area (Å²) in [7, 11) is 3.75. The maximum atomic E-state index is 13.3. The van der Waals surface area contributed by atoms with Crippen LogP contribution in [0.3, 0.4) is 0 Å². The first kappa shape index (κ1) is 21.1. The molecule has 1 aliphatic heterocycles. The minimum Gasteiger partial charge on any atom is -0.355 e. The summed E-state index contributed by atoms with van der Waals surface area (Å²) in [6, 6.07) is 8.94. The van der Waals surface area contributed by atoms with Crippen molar-refractivity contribution in [1.29, 1.82) is 0 Å². The first-order chi connectivity index (χ1) is 12.2. The summed E-state index contributed by atoms with van der Waals surface area (Å²) >= 11 is 1.87. The molecule has 26 heavy (non-hydrogen) atoms. The van der Waals surface area contributed by atoms with E-state index in [1.807, 2.05) is 29.4 Å². The lowest BCUT2D eigenvalue weighted by Crippen LogP contribution is -2.43. The molecule has 3 rings (SSSR count). The molecule has 0 bridgehead atoms. The van der Waals surface area contributed by atoms with Gasteiger partial charge in [0, 0.05) is 51.7 Å². The largest absolute Gasteiger partial charge is 0.355 e. The summed E-state index contributed by atoms with van der Waals surface area (Å²) in [6.45, 7) is 4.62. The van der Waals surface area contributed by atoms with Crippen LogP contribution >= 0.6 is 35.3 Å². The Hall–Kier alpha value is -1.19. The molecule has 1 aromatic heterocycles. The van der Waals surface area contributed by atoms with Gasteiger partial charge >= 0.3 is 0 Å². The molecule has 0 spiro atoms. The molecule has 142 valence electrons. The van der Waals surface area contributed by atoms with E-state index in [9.17, 15) is 4.39 Å². The summed E-state index contributed by atoms with van der Waals surface area (Å²) in [6.07, 6.45) is 1.15. The molecule has 0 amide bonds. The predicted octanol–water partition coefficient (Wildman–Crippen LogP) is 3.57. The van der Waals surface area contributed by atoms with E-state index in [-0.39, 0.29) is 29.8 Å². The van der Waals surface area contributed by atoms with Crippen molar-refractivity contribution in [2.45, 2.75) is 19.5 Å². The lowest BCUT2D eigenvalue weighted by atomic mass is 10.1. The van der Waals surface area contributed by atoms with Gasteiger partial charge in [0.15, 0.2) is 5.96 Å². The van der Waals surface area contributed by atoms with Gasteiger partial charge in [-0.15, -0.1) is 35.3 Å². The van der Waals surface area contributed by atoms with E-state index in [1.54, 1.807) is 19.2 Å². The zero-order valence-corrected chi connectivity index (χ0v) is 18.4. The molecule has 0 saturated heterocycles. The van der Waals surface area contributed by atoms with E-state index >= 15 is 0 Å². The molecule has 0 unspecified atom stereocenters. The smallest absolute Gasteiger partial charge is 0.193 e. The average molecular weight is 488 g/mol. The summed E-state index contributed by atoms with van der Waals surface area (Å²) in [5, 5.41) is 5.60. The van der Waals surface area contributed by atoms with Gasteiger partial charge in [0.25, 0.3) is 0 Å². The Kier molecular flexibility index (Phi) is 8.30. The fourth-order valence-corrected chi connectivity index (χ4v) is 4.08. The van der Waals surface area contributed by atoms with Crippen molar-refractivity contribution in [1.82, 2.24) is 15.1 Å². The number of guanidine groups is 1. The van der Waals surface area contributed by atoms with Crippen LogP contribution in [0.2, 0.25) is 0 Å². The van der Waals surface area contributed by atoms with Crippen molar-refractivity contribution >= 4 is 41.3 Å². The van der Waals surface area contributed by atoms with Crippen LogP contribution in [-0.4, -0.2) is 49.5 Å². The van der Waals surface area contributed by atoms with E-state index in [4.69, 9.17) is 0 Å². The van der Waals surface area contributed by atoms with Gasteiger partial charge in [-0.25, -0.2) is 4.39 Å². The second-order valence-electron chi connectivity index (χ2n) is 6.36. The molecule has 2 heterocycles. The zero-order valence-electron chi connectivity index (χ0n) is 15.2. The van der Waals surface area contributed by atoms with Crippen LogP contribution in [0.1, 0.15) is 16.0 Å². The lowest BCUT2D eigenvalue weighted by Gasteiger charge is -2.28. The second kappa shape index (κ2) is 10.2. The third-order valence-corrected chi connectivity index (χ3v) is 5.50. The predicted molar refractivity (Wildman–Crippen MR) is 118 cm³/mol. The molecule has 0 fully saturated rings. The Bertz CT molecular complexity index is 734. The highest BCUT2D eigenvalue weighted by molar-refractivity contribution is 14.0. The highest BCUT2D eigenvalue weighted by Gasteiger charge is 2.16. The van der Waals surface area contributed by atoms with Crippen molar-refractivity contribution in [2.75, 3.05) is 33.7 Å². The molecule has 0 radical (unpaired) electrons. The molecule has 0 saturated carbocycles. The number of benzene rings is 1. The Morgan fingerprint density at radius 3 is 3.00 bits per heavy atom. The quantitative estimate of drug-likeness (QED) is 0.397. The number of fused-ring (bicyclic) bond motifs is 1. The number of aliphatic imine (C=N–C) groups is 1. The number of nitrogens with one attached hydrogen (secondary N) is 1. The fraction of sp³-hybridized carbons (Fsp3) is 0.421. The highest BCUT2D eigenvalue weighted by Crippen LogP contribution is 2.23. The van der Waals surface area contributed by atoms with Crippen LogP contribution in [0.25, 0.3) is 0 Å². The van der Waals surface area contributed by atoms with Gasteiger partial charge in [-0.1, -0.05) is 12.1 Å². The minimum atomic E-state index is -0.202. The van der Waals surface area contributed by atoms with Gasteiger partial charge in [0.05, 0.1) is 0 Å². The summed E-state index contributed by atoms with van der Waals surface area (Å²) in [4.78, 5) is 10.4. The molecule has 1 N–H and O–H groups in total.